The molecule has 0 N–H and O–H groups in total. The van der Waals surface area contributed by atoms with E-state index in [-0.39, 0.29) is 6.04 Å². The topological polar surface area (TPSA) is 80.2 Å². The van der Waals surface area contributed by atoms with Crippen molar-refractivity contribution in [2.24, 2.45) is 0 Å². The standard InChI is InChI=1S/C67H41N7/c68-40-42-33-35-64(71-56-25-9-1-17-44(56)45-18-2-10-26-57(45)71)52(37-42)54-39-55(53-38-43(41-69)34-36-65(53)72-58-27-11-3-19-46(58)47-20-4-12-28-59(47)72)67(74-62-31-15-7-23-50(62)51-24-8-16-32-63(51)74)70-66(54)73-60-29-13-5-21-48(60)49-22-6-14-30-61(49)73/h1-39,52,64H. The molecule has 2 atom stereocenters. The molecule has 5 aromatic heterocycles. The van der Waals surface area contributed by atoms with E-state index in [9.17, 15) is 10.5 Å². The third-order valence-corrected chi connectivity index (χ3v) is 15.4. The molecule has 7 nitrogen and oxygen atoms in total. The van der Waals surface area contributed by atoms with Crippen LogP contribution < -0.4 is 0 Å². The molecule has 0 saturated carbocycles. The molecule has 7 heteroatoms. The van der Waals surface area contributed by atoms with E-state index in [1.54, 1.807) is 0 Å². The zero-order valence-corrected chi connectivity index (χ0v) is 39.8. The van der Waals surface area contributed by atoms with Crippen molar-refractivity contribution in [3.8, 4) is 40.6 Å². The lowest BCUT2D eigenvalue weighted by atomic mass is 9.84. The fourth-order valence-corrected chi connectivity index (χ4v) is 12.3. The Balaban J connectivity index is 1.15. The van der Waals surface area contributed by atoms with Crippen LogP contribution in [0.15, 0.2) is 242 Å². The summed E-state index contributed by atoms with van der Waals surface area (Å²) in [7, 11) is 0. The van der Waals surface area contributed by atoms with E-state index >= 15 is 0 Å². The Morgan fingerprint density at radius 1 is 0.378 bits per heavy atom. The number of fused-ring (bicyclic) bond motifs is 12. The zero-order chi connectivity index (χ0) is 49.0. The number of pyridine rings is 1. The van der Waals surface area contributed by atoms with Crippen LogP contribution in [-0.2, 0) is 0 Å². The average Bonchev–Trinajstić information content (AvgIpc) is 4.20. The Hall–Kier alpha value is -10.2. The summed E-state index contributed by atoms with van der Waals surface area (Å²) >= 11 is 0. The van der Waals surface area contributed by atoms with E-state index in [0.29, 0.717) is 17.0 Å². The molecule has 15 rings (SSSR count). The minimum absolute atomic E-state index is 0.292. The molecule has 9 aromatic carbocycles. The largest absolute Gasteiger partial charge is 0.332 e. The summed E-state index contributed by atoms with van der Waals surface area (Å²) in [6, 6.07) is 81.8. The van der Waals surface area contributed by atoms with E-state index in [2.05, 4.69) is 249 Å². The van der Waals surface area contributed by atoms with Crippen LogP contribution in [0.4, 0.5) is 0 Å². The Kier molecular flexibility index (Phi) is 9.08. The summed E-state index contributed by atoms with van der Waals surface area (Å²) in [6.45, 7) is 0. The van der Waals surface area contributed by atoms with Crippen molar-refractivity contribution in [2.45, 2.75) is 12.0 Å². The first-order valence-electron chi connectivity index (χ1n) is 25.0. The molecular weight excluding hydrogens is 903 g/mol. The van der Waals surface area contributed by atoms with Gasteiger partial charge in [-0.05, 0) is 78.9 Å². The number of rotatable bonds is 6. The predicted octanol–water partition coefficient (Wildman–Crippen LogP) is 16.4. The van der Waals surface area contributed by atoms with Crippen LogP contribution in [0.2, 0.25) is 0 Å². The normalized spacial score (nSPS) is 14.8. The van der Waals surface area contributed by atoms with E-state index in [0.717, 1.165) is 115 Å². The maximum absolute atomic E-state index is 10.9. The lowest BCUT2D eigenvalue weighted by molar-refractivity contribution is 0.571. The molecule has 344 valence electrons. The fourth-order valence-electron chi connectivity index (χ4n) is 12.3. The Bertz CT molecular complexity index is 4630. The van der Waals surface area contributed by atoms with Gasteiger partial charge in [0, 0.05) is 82.3 Å². The predicted molar refractivity (Wildman–Crippen MR) is 301 cm³/mol. The molecule has 14 aromatic rings. The number of nitrogens with zero attached hydrogens (tertiary/aromatic N) is 7. The van der Waals surface area contributed by atoms with Gasteiger partial charge in [0.1, 0.15) is 11.6 Å². The van der Waals surface area contributed by atoms with E-state index in [4.69, 9.17) is 4.98 Å². The third-order valence-electron chi connectivity index (χ3n) is 15.4. The van der Waals surface area contributed by atoms with E-state index in [1.165, 1.54) is 0 Å². The van der Waals surface area contributed by atoms with Crippen LogP contribution in [-0.4, -0.2) is 23.3 Å². The third kappa shape index (κ3) is 5.96. The number of para-hydroxylation sites is 8. The molecule has 0 aliphatic heterocycles. The second kappa shape index (κ2) is 16.2. The minimum Gasteiger partial charge on any atom is -0.332 e. The van der Waals surface area contributed by atoms with Gasteiger partial charge >= 0.3 is 0 Å². The van der Waals surface area contributed by atoms with Crippen LogP contribution in [0.1, 0.15) is 23.1 Å². The number of benzene rings is 9. The Morgan fingerprint density at radius 2 is 0.770 bits per heavy atom. The van der Waals surface area contributed by atoms with Crippen molar-refractivity contribution in [3.05, 3.63) is 253 Å². The van der Waals surface area contributed by atoms with Gasteiger partial charge in [-0.2, -0.15) is 10.5 Å². The summed E-state index contributed by atoms with van der Waals surface area (Å²) in [5, 5.41) is 30.8. The molecule has 1 aliphatic carbocycles. The molecule has 1 aliphatic rings. The second-order valence-corrected chi connectivity index (χ2v) is 19.2. The van der Waals surface area contributed by atoms with E-state index in [1.807, 2.05) is 18.2 Å². The highest BCUT2D eigenvalue weighted by atomic mass is 15.2. The van der Waals surface area contributed by atoms with Gasteiger partial charge in [0.25, 0.3) is 0 Å². The maximum Gasteiger partial charge on any atom is 0.148 e. The fraction of sp³-hybridized carbons (Fsp3) is 0.0299. The highest BCUT2D eigenvalue weighted by Gasteiger charge is 2.34. The van der Waals surface area contributed by atoms with Crippen LogP contribution in [0.5, 0.6) is 0 Å². The van der Waals surface area contributed by atoms with Gasteiger partial charge in [-0.25, -0.2) is 4.98 Å². The van der Waals surface area contributed by atoms with E-state index < -0.39 is 5.92 Å². The van der Waals surface area contributed by atoms with Gasteiger partial charge < -0.3 is 9.13 Å². The zero-order valence-electron chi connectivity index (χ0n) is 39.8. The molecule has 0 saturated heterocycles. The number of allylic oxidation sites excluding steroid dienone is 4. The lowest BCUT2D eigenvalue weighted by Crippen LogP contribution is -2.20. The SMILES string of the molecule is N#CC1=CC(c2cc(-c3cc(C#N)ccc3-n3c4ccccc4c4ccccc43)c(-n3c4ccccc4c4ccccc43)nc2-n2c3ccccc3c3ccccc32)C(n2c3ccccc3c3ccccc32)C=C1. The molecule has 0 fully saturated rings. The summed E-state index contributed by atoms with van der Waals surface area (Å²) in [5.41, 5.74) is 13.0. The first-order valence-corrected chi connectivity index (χ1v) is 25.0. The van der Waals surface area contributed by atoms with Gasteiger partial charge in [0.05, 0.1) is 62.5 Å². The monoisotopic (exact) mass is 943 g/mol. The number of nitriles is 2. The molecule has 5 heterocycles. The van der Waals surface area contributed by atoms with Crippen molar-refractivity contribution in [3.63, 3.8) is 0 Å². The molecule has 74 heavy (non-hydrogen) atoms. The van der Waals surface area contributed by atoms with Gasteiger partial charge in [-0.15, -0.1) is 0 Å². The summed E-state index contributed by atoms with van der Waals surface area (Å²) in [6.07, 6.45) is 6.33. The molecule has 2 unspecified atom stereocenters. The van der Waals surface area contributed by atoms with Crippen LogP contribution in [0.3, 0.4) is 0 Å². The summed E-state index contributed by atoms with van der Waals surface area (Å²) in [4.78, 5) is 6.19. The maximum atomic E-state index is 10.9. The van der Waals surface area contributed by atoms with Crippen molar-refractivity contribution < 1.29 is 0 Å². The Labute approximate surface area is 424 Å². The first kappa shape index (κ1) is 41.6. The summed E-state index contributed by atoms with van der Waals surface area (Å²) < 4.78 is 9.45. The van der Waals surface area contributed by atoms with Gasteiger partial charge in [0.2, 0.25) is 0 Å². The van der Waals surface area contributed by atoms with Crippen LogP contribution in [0.25, 0.3) is 116 Å². The molecular formula is C67H41N7. The highest BCUT2D eigenvalue weighted by molar-refractivity contribution is 6.13. The number of aromatic nitrogens is 5. The molecule has 0 bridgehead atoms. The molecule has 0 radical (unpaired) electrons. The van der Waals surface area contributed by atoms with Crippen molar-refractivity contribution >= 4 is 87.2 Å². The second-order valence-electron chi connectivity index (χ2n) is 19.2. The minimum atomic E-state index is -0.418. The quantitative estimate of drug-likeness (QED) is 0.167. The van der Waals surface area contributed by atoms with Crippen molar-refractivity contribution in [1.29, 1.82) is 10.5 Å². The van der Waals surface area contributed by atoms with Gasteiger partial charge in [-0.1, -0.05) is 158 Å². The number of hydrogen-bond acceptors (Lipinski definition) is 3. The van der Waals surface area contributed by atoms with Crippen LogP contribution >= 0.6 is 0 Å². The smallest absolute Gasteiger partial charge is 0.148 e. The molecule has 0 amide bonds. The van der Waals surface area contributed by atoms with Crippen molar-refractivity contribution in [1.82, 2.24) is 23.3 Å². The van der Waals surface area contributed by atoms with Gasteiger partial charge in [0.15, 0.2) is 0 Å². The molecule has 0 spiro atoms. The summed E-state index contributed by atoms with van der Waals surface area (Å²) in [5.74, 6) is 1.04. The number of hydrogen-bond donors (Lipinski definition) is 0. The van der Waals surface area contributed by atoms with Gasteiger partial charge in [-0.3, -0.25) is 9.13 Å². The lowest BCUT2D eigenvalue weighted by Gasteiger charge is -2.31. The van der Waals surface area contributed by atoms with Crippen molar-refractivity contribution in [2.75, 3.05) is 0 Å². The Morgan fingerprint density at radius 3 is 1.20 bits per heavy atom. The highest BCUT2D eigenvalue weighted by Crippen LogP contribution is 2.48. The van der Waals surface area contributed by atoms with Crippen LogP contribution in [0, 0.1) is 22.7 Å². The first-order chi connectivity index (χ1) is 36.7. The average molecular weight is 944 g/mol.